The van der Waals surface area contributed by atoms with Gasteiger partial charge in [0.1, 0.15) is 11.4 Å². The molecule has 4 aliphatic heterocycles. The Balaban J connectivity index is 0.000000339. The zero-order valence-electron chi connectivity index (χ0n) is 25.9. The number of likely N-dealkylation sites (N-methyl/N-ethyl adjacent to an activating group) is 1. The number of hydrogen-bond donors (Lipinski definition) is 3. The summed E-state index contributed by atoms with van der Waals surface area (Å²) in [5.41, 5.74) is 10.5. The zero-order chi connectivity index (χ0) is 31.7. The van der Waals surface area contributed by atoms with Crippen molar-refractivity contribution in [1.82, 2.24) is 14.8 Å². The van der Waals surface area contributed by atoms with Crippen molar-refractivity contribution < 1.29 is 28.6 Å². The summed E-state index contributed by atoms with van der Waals surface area (Å²) in [6.07, 6.45) is 7.35. The number of amides is 3. The van der Waals surface area contributed by atoms with Crippen molar-refractivity contribution in [2.45, 2.75) is 64.4 Å². The Morgan fingerprint density at radius 2 is 1.77 bits per heavy atom. The van der Waals surface area contributed by atoms with Gasteiger partial charge in [0, 0.05) is 82.0 Å². The molecule has 238 valence electrons. The van der Waals surface area contributed by atoms with Gasteiger partial charge in [-0.1, -0.05) is 11.6 Å². The van der Waals surface area contributed by atoms with Gasteiger partial charge in [0.05, 0.1) is 0 Å². The first-order valence-electron chi connectivity index (χ1n) is 15.2. The van der Waals surface area contributed by atoms with E-state index >= 15 is 0 Å². The van der Waals surface area contributed by atoms with Gasteiger partial charge in [-0.05, 0) is 69.2 Å². The lowest BCUT2D eigenvalue weighted by Gasteiger charge is -2.43. The average Bonchev–Trinajstić information content (AvgIpc) is 3.01. The number of nitrogens with two attached hydrogens (primary N) is 1. The van der Waals surface area contributed by atoms with E-state index in [1.165, 1.54) is 6.21 Å². The normalized spacial score (nSPS) is 19.4. The summed E-state index contributed by atoms with van der Waals surface area (Å²) < 4.78 is 16.8. The predicted molar refractivity (Wildman–Crippen MR) is 167 cm³/mol. The first-order valence-corrected chi connectivity index (χ1v) is 15.2. The number of nitrogen functional groups attached to an aromatic ring is 1. The molecule has 1 aromatic heterocycles. The number of pyridine rings is 1. The third kappa shape index (κ3) is 8.25. The van der Waals surface area contributed by atoms with Gasteiger partial charge in [-0.15, -0.1) is 0 Å². The molecular formula is C32H44N6O6. The fraction of sp³-hybridized carbons (Fsp3) is 0.531. The van der Waals surface area contributed by atoms with Crippen LogP contribution in [0.5, 0.6) is 0 Å². The second-order valence-corrected chi connectivity index (χ2v) is 11.6. The van der Waals surface area contributed by atoms with Crippen molar-refractivity contribution in [3.8, 4) is 0 Å². The lowest BCUT2D eigenvalue weighted by molar-refractivity contribution is -0.133. The Kier molecular flexibility index (Phi) is 11.2. The Bertz CT molecular complexity index is 1360. The number of fused-ring (bicyclic) bond motifs is 15. The third-order valence-electron chi connectivity index (χ3n) is 8.27. The summed E-state index contributed by atoms with van der Waals surface area (Å²) in [6, 6.07) is 5.98. The smallest absolute Gasteiger partial charge is 0.413 e. The number of nitrogens with one attached hydrogen (secondary N) is 2. The minimum Gasteiger partial charge on any atom is -0.439 e. The van der Waals surface area contributed by atoms with Crippen LogP contribution in [0.1, 0.15) is 66.3 Å². The number of aryl methyl sites for hydroxylation is 3. The van der Waals surface area contributed by atoms with E-state index in [1.54, 1.807) is 23.0 Å². The number of anilines is 2. The fourth-order valence-corrected chi connectivity index (χ4v) is 5.66. The van der Waals surface area contributed by atoms with Crippen LogP contribution in [0.2, 0.25) is 0 Å². The summed E-state index contributed by atoms with van der Waals surface area (Å²) in [4.78, 5) is 44.7. The lowest BCUT2D eigenvalue weighted by atomic mass is 9.83. The molecule has 6 rings (SSSR count). The lowest BCUT2D eigenvalue weighted by Crippen LogP contribution is -2.50. The highest BCUT2D eigenvalue weighted by molar-refractivity contribution is 5.88. The van der Waals surface area contributed by atoms with Crippen molar-refractivity contribution in [1.29, 1.82) is 5.41 Å². The van der Waals surface area contributed by atoms with Gasteiger partial charge < -0.3 is 35.2 Å². The van der Waals surface area contributed by atoms with Gasteiger partial charge in [0.25, 0.3) is 5.91 Å². The van der Waals surface area contributed by atoms with E-state index in [4.69, 9.17) is 25.4 Å². The number of aromatic nitrogens is 1. The standard InChI is InChI=1S/C23H32N4O6.C9H12N2/c1-26-9-3-2-4-12-31-13-5-6-17-14-18-20(24-15-17)25-21(29)33-23(18)7-10-27(11-8-23)22(30)32-16-19(26)28;1-6-3-7(2)9(11)8(4-6)5-10/h14-15H,2-13,16H2,1H3,(H,24,25,29);3-5,10H,11H2,1-2H3. The van der Waals surface area contributed by atoms with E-state index < -0.39 is 17.8 Å². The second kappa shape index (κ2) is 15.0. The number of carbonyl (C=O) groups is 3. The van der Waals surface area contributed by atoms with Crippen LogP contribution in [0.3, 0.4) is 0 Å². The molecule has 0 saturated carbocycles. The molecule has 2 aromatic rings. The number of nitrogens with zero attached hydrogens (tertiary/aromatic N) is 3. The predicted octanol–water partition coefficient (Wildman–Crippen LogP) is 4.55. The van der Waals surface area contributed by atoms with Crippen molar-refractivity contribution >= 4 is 35.8 Å². The quantitative estimate of drug-likeness (QED) is 0.314. The minimum absolute atomic E-state index is 0.223. The van der Waals surface area contributed by atoms with Crippen LogP contribution < -0.4 is 11.1 Å². The Hall–Kier alpha value is -4.19. The van der Waals surface area contributed by atoms with Crippen LogP contribution in [0.15, 0.2) is 24.4 Å². The molecule has 4 bridgehead atoms. The highest BCUT2D eigenvalue weighted by Gasteiger charge is 2.46. The summed E-state index contributed by atoms with van der Waals surface area (Å²) in [5, 5.41) is 9.76. The first kappa shape index (κ1) is 32.7. The maximum atomic E-state index is 12.5. The maximum Gasteiger partial charge on any atom is 0.413 e. The number of carbonyl (C=O) groups excluding carboxylic acids is 3. The molecule has 3 amide bonds. The highest BCUT2D eigenvalue weighted by atomic mass is 16.6. The number of piperidine rings is 1. The molecule has 12 heteroatoms. The minimum atomic E-state index is -0.831. The van der Waals surface area contributed by atoms with Gasteiger partial charge in [-0.3, -0.25) is 10.1 Å². The summed E-state index contributed by atoms with van der Waals surface area (Å²) in [5.74, 6) is 0.285. The SMILES string of the molecule is CN1CCCCCOCCCc2cnc3c(c2)C2(CCN(CC2)C(=O)OCC1=O)OC(=O)N3.Cc1cc(C)c(N)c(C=N)c1. The number of rotatable bonds is 1. The third-order valence-corrected chi connectivity index (χ3v) is 8.27. The molecule has 5 heterocycles. The molecule has 0 unspecified atom stereocenters. The molecule has 12 nitrogen and oxygen atoms in total. The Labute approximate surface area is 258 Å². The molecule has 4 N–H and O–H groups in total. The molecule has 1 aromatic carbocycles. The van der Waals surface area contributed by atoms with E-state index in [0.29, 0.717) is 57.2 Å². The van der Waals surface area contributed by atoms with Crippen LogP contribution in [0.25, 0.3) is 0 Å². The maximum absolute atomic E-state index is 12.5. The van der Waals surface area contributed by atoms with Crippen molar-refractivity contribution in [2.24, 2.45) is 0 Å². The second-order valence-electron chi connectivity index (χ2n) is 11.6. The fourth-order valence-electron chi connectivity index (χ4n) is 5.66. The van der Waals surface area contributed by atoms with E-state index in [9.17, 15) is 14.4 Å². The Morgan fingerprint density at radius 1 is 1.02 bits per heavy atom. The molecular weight excluding hydrogens is 564 g/mol. The van der Waals surface area contributed by atoms with E-state index in [2.05, 4.69) is 10.3 Å². The summed E-state index contributed by atoms with van der Waals surface area (Å²) >= 11 is 0. The largest absolute Gasteiger partial charge is 0.439 e. The van der Waals surface area contributed by atoms with Gasteiger partial charge in [0.15, 0.2) is 6.61 Å². The van der Waals surface area contributed by atoms with Gasteiger partial charge in [0.2, 0.25) is 0 Å². The molecule has 1 saturated heterocycles. The number of ether oxygens (including phenoxy) is 3. The molecule has 1 spiro atoms. The van der Waals surface area contributed by atoms with E-state index in [0.717, 1.165) is 59.9 Å². The Morgan fingerprint density at radius 3 is 2.52 bits per heavy atom. The van der Waals surface area contributed by atoms with Gasteiger partial charge in [-0.2, -0.15) is 0 Å². The molecule has 44 heavy (non-hydrogen) atoms. The van der Waals surface area contributed by atoms with Crippen molar-refractivity contribution in [3.05, 3.63) is 52.2 Å². The zero-order valence-corrected chi connectivity index (χ0v) is 25.9. The first-order chi connectivity index (χ1) is 21.1. The van der Waals surface area contributed by atoms with Crippen LogP contribution in [0, 0.1) is 19.3 Å². The van der Waals surface area contributed by atoms with Crippen LogP contribution >= 0.6 is 0 Å². The topological polar surface area (TPSA) is 160 Å². The molecule has 0 atom stereocenters. The van der Waals surface area contributed by atoms with E-state index in [-0.39, 0.29) is 12.5 Å². The van der Waals surface area contributed by atoms with Gasteiger partial charge in [-0.25, -0.2) is 14.6 Å². The molecule has 0 aliphatic carbocycles. The van der Waals surface area contributed by atoms with Crippen LogP contribution in [-0.2, 0) is 31.0 Å². The van der Waals surface area contributed by atoms with E-state index in [1.807, 2.05) is 32.0 Å². The highest BCUT2D eigenvalue weighted by Crippen LogP contribution is 2.43. The number of benzene rings is 1. The van der Waals surface area contributed by atoms with Crippen LogP contribution in [0.4, 0.5) is 21.1 Å². The molecule has 0 radical (unpaired) electrons. The average molecular weight is 609 g/mol. The van der Waals surface area contributed by atoms with Gasteiger partial charge >= 0.3 is 12.2 Å². The summed E-state index contributed by atoms with van der Waals surface area (Å²) in [6.45, 7) is 6.36. The molecule has 4 aliphatic rings. The monoisotopic (exact) mass is 608 g/mol. The summed E-state index contributed by atoms with van der Waals surface area (Å²) in [7, 11) is 1.72. The van der Waals surface area contributed by atoms with Crippen molar-refractivity contribution in [3.63, 3.8) is 0 Å². The van der Waals surface area contributed by atoms with Crippen molar-refractivity contribution in [2.75, 3.05) is 57.6 Å². The number of hydrogen-bond acceptors (Lipinski definition) is 9. The van der Waals surface area contributed by atoms with Crippen LogP contribution in [-0.4, -0.2) is 85.6 Å². The molecule has 1 fully saturated rings.